The van der Waals surface area contributed by atoms with Gasteiger partial charge in [0.25, 0.3) is 0 Å². The second-order valence-electron chi connectivity index (χ2n) is 13.4. The third-order valence-electron chi connectivity index (χ3n) is 10.5. The van der Waals surface area contributed by atoms with Gasteiger partial charge in [-0.1, -0.05) is 133 Å². The van der Waals surface area contributed by atoms with Gasteiger partial charge in [-0.25, -0.2) is 9.97 Å². The summed E-state index contributed by atoms with van der Waals surface area (Å²) in [6.07, 6.45) is 0. The average molecular weight is 663 g/mol. The lowest BCUT2D eigenvalue weighted by Gasteiger charge is -2.12. The smallest absolute Gasteiger partial charge is 0.160 e. The zero-order chi connectivity index (χ0) is 34.2. The summed E-state index contributed by atoms with van der Waals surface area (Å²) < 4.78 is 4.84. The van der Waals surface area contributed by atoms with Crippen LogP contribution in [0.1, 0.15) is 0 Å². The Hall–Kier alpha value is -7.04. The molecule has 0 saturated heterocycles. The number of hydrogen-bond donors (Lipinski definition) is 0. The van der Waals surface area contributed by atoms with E-state index in [1.807, 2.05) is 12.1 Å². The van der Waals surface area contributed by atoms with Gasteiger partial charge < -0.3 is 8.97 Å². The Morgan fingerprint density at radius 2 is 0.865 bits per heavy atom. The summed E-state index contributed by atoms with van der Waals surface area (Å²) >= 11 is 0. The molecule has 4 nitrogen and oxygen atoms in total. The number of benzene rings is 7. The standard InChI is InChI=1S/C48H30N4/c1-3-14-31(15-4-1)40-30-41(32-16-5-2-6-17-32)50-48(49-40)33-18-13-19-34(28-33)51-43-25-12-10-23-38(43)47-39-29-46-37-22-8-7-20-35(37)36-21-9-11-24-42(36)52(46)44(39)26-27-45(47)51/h1-30H. The molecule has 0 unspecified atom stereocenters. The van der Waals surface area contributed by atoms with Crippen molar-refractivity contribution in [2.24, 2.45) is 0 Å². The van der Waals surface area contributed by atoms with Crippen LogP contribution in [0.25, 0.3) is 99.5 Å². The molecule has 11 aromatic rings. The van der Waals surface area contributed by atoms with Gasteiger partial charge in [0.2, 0.25) is 0 Å². The Balaban J connectivity index is 1.16. The van der Waals surface area contributed by atoms with Gasteiger partial charge in [0.1, 0.15) is 0 Å². The molecule has 7 aromatic carbocycles. The molecule has 0 aliphatic heterocycles. The fourth-order valence-corrected chi connectivity index (χ4v) is 8.20. The van der Waals surface area contributed by atoms with E-state index in [1.54, 1.807) is 0 Å². The Bertz CT molecular complexity index is 3110. The van der Waals surface area contributed by atoms with E-state index in [4.69, 9.17) is 9.97 Å². The van der Waals surface area contributed by atoms with Crippen molar-refractivity contribution >= 4 is 59.9 Å². The summed E-state index contributed by atoms with van der Waals surface area (Å²) in [6, 6.07) is 64.7. The minimum absolute atomic E-state index is 0.697. The van der Waals surface area contributed by atoms with Crippen LogP contribution in [0.4, 0.5) is 0 Å². The fraction of sp³-hybridized carbons (Fsp3) is 0. The van der Waals surface area contributed by atoms with Crippen LogP contribution in [0, 0.1) is 0 Å². The first-order valence-electron chi connectivity index (χ1n) is 17.7. The summed E-state index contributed by atoms with van der Waals surface area (Å²) in [4.78, 5) is 10.3. The largest absolute Gasteiger partial charge is 0.309 e. The van der Waals surface area contributed by atoms with E-state index in [1.165, 1.54) is 54.4 Å². The van der Waals surface area contributed by atoms with Crippen LogP contribution in [0.5, 0.6) is 0 Å². The maximum atomic E-state index is 5.14. The van der Waals surface area contributed by atoms with Crippen LogP contribution >= 0.6 is 0 Å². The van der Waals surface area contributed by atoms with Crippen LogP contribution in [0.3, 0.4) is 0 Å². The summed E-state index contributed by atoms with van der Waals surface area (Å²) in [6.45, 7) is 0. The molecule has 0 aliphatic rings. The van der Waals surface area contributed by atoms with Gasteiger partial charge >= 0.3 is 0 Å². The number of para-hydroxylation sites is 2. The molecule has 242 valence electrons. The third kappa shape index (κ3) is 4.28. The van der Waals surface area contributed by atoms with Crippen molar-refractivity contribution in [2.45, 2.75) is 0 Å². The molecule has 0 bridgehead atoms. The molecule has 0 saturated carbocycles. The van der Waals surface area contributed by atoms with E-state index in [9.17, 15) is 0 Å². The molecule has 4 heterocycles. The average Bonchev–Trinajstić information content (AvgIpc) is 3.78. The monoisotopic (exact) mass is 662 g/mol. The molecule has 0 N–H and O–H groups in total. The van der Waals surface area contributed by atoms with Gasteiger partial charge in [-0.15, -0.1) is 0 Å². The number of pyridine rings is 1. The molecule has 0 fully saturated rings. The van der Waals surface area contributed by atoms with Crippen LogP contribution in [0.15, 0.2) is 182 Å². The molecule has 0 atom stereocenters. The number of nitrogens with zero attached hydrogens (tertiary/aromatic N) is 4. The first-order valence-corrected chi connectivity index (χ1v) is 17.7. The van der Waals surface area contributed by atoms with Crippen molar-refractivity contribution in [3.05, 3.63) is 182 Å². The lowest BCUT2D eigenvalue weighted by Crippen LogP contribution is -1.98. The number of aromatic nitrogens is 4. The van der Waals surface area contributed by atoms with Gasteiger partial charge in [0.05, 0.1) is 39.0 Å². The van der Waals surface area contributed by atoms with Gasteiger partial charge in [-0.05, 0) is 53.9 Å². The highest BCUT2D eigenvalue weighted by atomic mass is 15.0. The summed E-state index contributed by atoms with van der Waals surface area (Å²) in [5, 5.41) is 7.52. The topological polar surface area (TPSA) is 35.1 Å². The maximum absolute atomic E-state index is 5.14. The maximum Gasteiger partial charge on any atom is 0.160 e. The van der Waals surface area contributed by atoms with Crippen LogP contribution in [-0.4, -0.2) is 18.9 Å². The Labute approximate surface area is 299 Å². The van der Waals surface area contributed by atoms with E-state index in [2.05, 4.69) is 179 Å². The summed E-state index contributed by atoms with van der Waals surface area (Å²) in [7, 11) is 0. The molecule has 11 rings (SSSR count). The highest BCUT2D eigenvalue weighted by Gasteiger charge is 2.20. The van der Waals surface area contributed by atoms with Crippen molar-refractivity contribution in [3.8, 4) is 39.6 Å². The van der Waals surface area contributed by atoms with E-state index in [0.29, 0.717) is 5.82 Å². The Morgan fingerprint density at radius 3 is 1.58 bits per heavy atom. The molecule has 0 aliphatic carbocycles. The lowest BCUT2D eigenvalue weighted by molar-refractivity contribution is 1.16. The first kappa shape index (κ1) is 28.8. The normalized spacial score (nSPS) is 11.8. The highest BCUT2D eigenvalue weighted by molar-refractivity contribution is 6.24. The second kappa shape index (κ2) is 11.2. The second-order valence-corrected chi connectivity index (χ2v) is 13.4. The zero-order valence-corrected chi connectivity index (χ0v) is 28.1. The lowest BCUT2D eigenvalue weighted by atomic mass is 10.0. The van der Waals surface area contributed by atoms with Gasteiger partial charge in [0, 0.05) is 49.3 Å². The quantitative estimate of drug-likeness (QED) is 0.176. The highest BCUT2D eigenvalue weighted by Crippen LogP contribution is 2.41. The predicted octanol–water partition coefficient (Wildman–Crippen LogP) is 12.3. The molecule has 0 spiro atoms. The van der Waals surface area contributed by atoms with Crippen LogP contribution in [0.2, 0.25) is 0 Å². The number of rotatable bonds is 4. The number of fused-ring (bicyclic) bond motifs is 12. The molecule has 52 heavy (non-hydrogen) atoms. The summed E-state index contributed by atoms with van der Waals surface area (Å²) in [5.74, 6) is 0.697. The molecule has 0 radical (unpaired) electrons. The SMILES string of the molecule is c1ccc(-c2cc(-c3ccccc3)nc(-c3cccc(-n4c5ccccc5c5c6cc7c8ccccc8c8ccccc8n7c6ccc54)c3)n2)cc1. The Kier molecular flexibility index (Phi) is 6.22. The van der Waals surface area contributed by atoms with Gasteiger partial charge in [0.15, 0.2) is 5.82 Å². The van der Waals surface area contributed by atoms with Gasteiger partial charge in [-0.2, -0.15) is 0 Å². The first-order chi connectivity index (χ1) is 25.8. The van der Waals surface area contributed by atoms with Crippen molar-refractivity contribution in [3.63, 3.8) is 0 Å². The van der Waals surface area contributed by atoms with Crippen molar-refractivity contribution in [2.75, 3.05) is 0 Å². The zero-order valence-electron chi connectivity index (χ0n) is 28.1. The molecular formula is C48H30N4. The minimum atomic E-state index is 0.697. The predicted molar refractivity (Wildman–Crippen MR) is 216 cm³/mol. The molecule has 0 amide bonds. The minimum Gasteiger partial charge on any atom is -0.309 e. The van der Waals surface area contributed by atoms with Crippen molar-refractivity contribution < 1.29 is 0 Å². The van der Waals surface area contributed by atoms with Gasteiger partial charge in [-0.3, -0.25) is 0 Å². The van der Waals surface area contributed by atoms with Crippen LogP contribution < -0.4 is 0 Å². The van der Waals surface area contributed by atoms with E-state index >= 15 is 0 Å². The van der Waals surface area contributed by atoms with Crippen LogP contribution in [-0.2, 0) is 0 Å². The van der Waals surface area contributed by atoms with E-state index < -0.39 is 0 Å². The molecule has 4 heteroatoms. The number of hydrogen-bond acceptors (Lipinski definition) is 2. The van der Waals surface area contributed by atoms with E-state index in [-0.39, 0.29) is 0 Å². The molecular weight excluding hydrogens is 633 g/mol. The van der Waals surface area contributed by atoms with Crippen molar-refractivity contribution in [1.82, 2.24) is 18.9 Å². The summed E-state index contributed by atoms with van der Waals surface area (Å²) in [5.41, 5.74) is 11.9. The third-order valence-corrected chi connectivity index (χ3v) is 10.5. The molecule has 4 aromatic heterocycles. The fourth-order valence-electron chi connectivity index (χ4n) is 8.20. The Morgan fingerprint density at radius 1 is 0.327 bits per heavy atom. The van der Waals surface area contributed by atoms with Crippen molar-refractivity contribution in [1.29, 1.82) is 0 Å². The van der Waals surface area contributed by atoms with E-state index in [0.717, 1.165) is 39.3 Å².